The van der Waals surface area contributed by atoms with Crippen molar-refractivity contribution < 1.29 is 5.11 Å². The summed E-state index contributed by atoms with van der Waals surface area (Å²) in [6.07, 6.45) is 3.24. The minimum absolute atomic E-state index is 0.0898. The lowest BCUT2D eigenvalue weighted by atomic mass is 10.0. The maximum atomic E-state index is 9.92. The number of hydrogen-bond donors (Lipinski definition) is 1. The van der Waals surface area contributed by atoms with E-state index in [1.807, 2.05) is 0 Å². The summed E-state index contributed by atoms with van der Waals surface area (Å²) in [5, 5.41) is 9.92. The third-order valence-electron chi connectivity index (χ3n) is 3.91. The van der Waals surface area contributed by atoms with Gasteiger partial charge in [0.2, 0.25) is 0 Å². The monoisotopic (exact) mass is 233 g/mol. The second-order valence-corrected chi connectivity index (χ2v) is 5.08. The second-order valence-electron chi connectivity index (χ2n) is 5.08. The Morgan fingerprint density at radius 3 is 2.65 bits per heavy atom. The van der Waals surface area contributed by atoms with Gasteiger partial charge in [0.1, 0.15) is 0 Å². The van der Waals surface area contributed by atoms with Crippen LogP contribution < -0.4 is 4.90 Å². The quantitative estimate of drug-likeness (QED) is 0.864. The molecular weight excluding hydrogens is 210 g/mol. The fourth-order valence-electron chi connectivity index (χ4n) is 2.83. The van der Waals surface area contributed by atoms with Crippen molar-refractivity contribution in [3.05, 3.63) is 29.8 Å². The molecule has 2 rings (SSSR count). The molecule has 0 bridgehead atoms. The zero-order valence-electron chi connectivity index (χ0n) is 10.9. The van der Waals surface area contributed by atoms with E-state index in [1.165, 1.54) is 24.1 Å². The van der Waals surface area contributed by atoms with E-state index in [9.17, 15) is 5.11 Å². The van der Waals surface area contributed by atoms with Crippen molar-refractivity contribution in [3.63, 3.8) is 0 Å². The molecule has 1 aromatic carbocycles. The summed E-state index contributed by atoms with van der Waals surface area (Å²) in [6.45, 7) is 6.34. The van der Waals surface area contributed by atoms with Crippen LogP contribution in [0, 0.1) is 12.8 Å². The van der Waals surface area contributed by atoms with Crippen molar-refractivity contribution in [2.75, 3.05) is 18.0 Å². The maximum Gasteiger partial charge on any atom is 0.0585 e. The second kappa shape index (κ2) is 5.54. The summed E-state index contributed by atoms with van der Waals surface area (Å²) in [4.78, 5) is 2.40. The molecule has 1 saturated carbocycles. The van der Waals surface area contributed by atoms with E-state index >= 15 is 0 Å². The predicted octanol–water partition coefficient (Wildman–Crippen LogP) is 2.98. The first-order valence-electron chi connectivity index (χ1n) is 6.71. The van der Waals surface area contributed by atoms with Crippen LogP contribution in [0.25, 0.3) is 0 Å². The Labute approximate surface area is 104 Å². The van der Waals surface area contributed by atoms with E-state index < -0.39 is 0 Å². The highest BCUT2D eigenvalue weighted by atomic mass is 16.3. The number of benzene rings is 1. The minimum atomic E-state index is -0.0898. The molecule has 0 aliphatic heterocycles. The SMILES string of the molecule is CCN(CC1CCCC1O)c1ccccc1C. The summed E-state index contributed by atoms with van der Waals surface area (Å²) in [6, 6.07) is 8.51. The number of nitrogens with zero attached hydrogens (tertiary/aromatic N) is 1. The molecule has 2 unspecified atom stereocenters. The third kappa shape index (κ3) is 2.81. The molecule has 1 aromatic rings. The summed E-state index contributed by atoms with van der Waals surface area (Å²) in [5.74, 6) is 0.453. The highest BCUT2D eigenvalue weighted by Crippen LogP contribution is 2.28. The van der Waals surface area contributed by atoms with Crippen LogP contribution in [0.1, 0.15) is 31.7 Å². The zero-order valence-corrected chi connectivity index (χ0v) is 10.9. The van der Waals surface area contributed by atoms with Crippen molar-refractivity contribution in [1.29, 1.82) is 0 Å². The van der Waals surface area contributed by atoms with Crippen LogP contribution in [0.4, 0.5) is 5.69 Å². The van der Waals surface area contributed by atoms with Gasteiger partial charge in [-0.2, -0.15) is 0 Å². The molecule has 0 saturated heterocycles. The summed E-state index contributed by atoms with van der Waals surface area (Å²) in [5.41, 5.74) is 2.64. The first-order valence-corrected chi connectivity index (χ1v) is 6.71. The van der Waals surface area contributed by atoms with Crippen LogP contribution in [0.15, 0.2) is 24.3 Å². The molecule has 2 nitrogen and oxygen atoms in total. The molecule has 0 spiro atoms. The van der Waals surface area contributed by atoms with E-state index in [2.05, 4.69) is 43.0 Å². The van der Waals surface area contributed by atoms with Gasteiger partial charge >= 0.3 is 0 Å². The smallest absolute Gasteiger partial charge is 0.0585 e. The number of aryl methyl sites for hydroxylation is 1. The van der Waals surface area contributed by atoms with E-state index in [4.69, 9.17) is 0 Å². The van der Waals surface area contributed by atoms with Crippen LogP contribution in [0.2, 0.25) is 0 Å². The highest BCUT2D eigenvalue weighted by Gasteiger charge is 2.27. The molecule has 0 amide bonds. The molecule has 94 valence electrons. The minimum Gasteiger partial charge on any atom is -0.393 e. The normalized spacial score (nSPS) is 23.9. The topological polar surface area (TPSA) is 23.5 Å². The molecule has 0 heterocycles. The lowest BCUT2D eigenvalue weighted by Gasteiger charge is -2.29. The van der Waals surface area contributed by atoms with Crippen LogP contribution >= 0.6 is 0 Å². The lowest BCUT2D eigenvalue weighted by Crippen LogP contribution is -2.33. The Hall–Kier alpha value is -1.02. The Kier molecular flexibility index (Phi) is 4.06. The number of anilines is 1. The number of hydrogen-bond acceptors (Lipinski definition) is 2. The van der Waals surface area contributed by atoms with Crippen molar-refractivity contribution in [2.24, 2.45) is 5.92 Å². The van der Waals surface area contributed by atoms with Crippen molar-refractivity contribution in [3.8, 4) is 0 Å². The first kappa shape index (κ1) is 12.4. The molecule has 1 aliphatic carbocycles. The van der Waals surface area contributed by atoms with Gasteiger partial charge in [0.15, 0.2) is 0 Å². The molecule has 0 aromatic heterocycles. The number of rotatable bonds is 4. The fourth-order valence-corrected chi connectivity index (χ4v) is 2.83. The number of aliphatic hydroxyl groups excluding tert-OH is 1. The van der Waals surface area contributed by atoms with Crippen LogP contribution in [-0.4, -0.2) is 24.3 Å². The van der Waals surface area contributed by atoms with E-state index in [0.29, 0.717) is 5.92 Å². The van der Waals surface area contributed by atoms with Gasteiger partial charge in [-0.1, -0.05) is 24.6 Å². The molecule has 1 N–H and O–H groups in total. The highest BCUT2D eigenvalue weighted by molar-refractivity contribution is 5.52. The largest absolute Gasteiger partial charge is 0.393 e. The standard InChI is InChI=1S/C15H23NO/c1-3-16(11-13-8-6-10-15(13)17)14-9-5-4-7-12(14)2/h4-5,7,9,13,15,17H,3,6,8,10-11H2,1-2H3. The molecule has 17 heavy (non-hydrogen) atoms. The molecule has 2 heteroatoms. The predicted molar refractivity (Wildman–Crippen MR) is 72.4 cm³/mol. The van der Waals surface area contributed by atoms with Crippen LogP contribution in [0.5, 0.6) is 0 Å². The third-order valence-corrected chi connectivity index (χ3v) is 3.91. The average molecular weight is 233 g/mol. The molecule has 2 atom stereocenters. The molecule has 0 radical (unpaired) electrons. The Morgan fingerprint density at radius 2 is 2.06 bits per heavy atom. The first-order chi connectivity index (χ1) is 8.22. The van der Waals surface area contributed by atoms with E-state index in [1.54, 1.807) is 0 Å². The Balaban J connectivity index is 2.09. The maximum absolute atomic E-state index is 9.92. The van der Waals surface area contributed by atoms with Crippen molar-refractivity contribution >= 4 is 5.69 Å². The van der Waals surface area contributed by atoms with Gasteiger partial charge in [-0.05, 0) is 38.3 Å². The summed E-state index contributed by atoms with van der Waals surface area (Å²) >= 11 is 0. The molecule has 1 fully saturated rings. The van der Waals surface area contributed by atoms with Crippen LogP contribution in [-0.2, 0) is 0 Å². The zero-order chi connectivity index (χ0) is 12.3. The van der Waals surface area contributed by atoms with Gasteiger partial charge in [0.25, 0.3) is 0 Å². The Morgan fingerprint density at radius 1 is 1.29 bits per heavy atom. The molecular formula is C15H23NO. The number of aliphatic hydroxyl groups is 1. The van der Waals surface area contributed by atoms with Gasteiger partial charge in [-0.3, -0.25) is 0 Å². The van der Waals surface area contributed by atoms with Gasteiger partial charge in [-0.15, -0.1) is 0 Å². The fraction of sp³-hybridized carbons (Fsp3) is 0.600. The van der Waals surface area contributed by atoms with Gasteiger partial charge in [0, 0.05) is 24.7 Å². The van der Waals surface area contributed by atoms with Crippen molar-refractivity contribution in [2.45, 2.75) is 39.2 Å². The van der Waals surface area contributed by atoms with Crippen molar-refractivity contribution in [1.82, 2.24) is 0 Å². The summed E-state index contributed by atoms with van der Waals surface area (Å²) in [7, 11) is 0. The summed E-state index contributed by atoms with van der Waals surface area (Å²) < 4.78 is 0. The lowest BCUT2D eigenvalue weighted by molar-refractivity contribution is 0.135. The van der Waals surface area contributed by atoms with E-state index in [0.717, 1.165) is 19.5 Å². The van der Waals surface area contributed by atoms with Gasteiger partial charge < -0.3 is 10.0 Å². The molecule has 1 aliphatic rings. The van der Waals surface area contributed by atoms with Gasteiger partial charge in [-0.25, -0.2) is 0 Å². The Bertz CT molecular complexity index is 364. The van der Waals surface area contributed by atoms with Gasteiger partial charge in [0.05, 0.1) is 6.10 Å². The van der Waals surface area contributed by atoms with E-state index in [-0.39, 0.29) is 6.10 Å². The average Bonchev–Trinajstić information content (AvgIpc) is 2.73. The van der Waals surface area contributed by atoms with Crippen LogP contribution in [0.3, 0.4) is 0 Å². The number of para-hydroxylation sites is 1.